The average Bonchev–Trinajstić information content (AvgIpc) is 2.69. The Kier molecular flexibility index (Phi) is 4.15. The first-order chi connectivity index (χ1) is 12.7. The van der Waals surface area contributed by atoms with Gasteiger partial charge >= 0.3 is 0 Å². The Bertz CT molecular complexity index is 1100. The first-order valence-electron chi connectivity index (χ1n) is 8.40. The molecule has 0 aliphatic carbocycles. The largest absolute Gasteiger partial charge is 0.326 e. The number of H-pyrrole nitrogens is 1. The summed E-state index contributed by atoms with van der Waals surface area (Å²) in [6.07, 6.45) is 6.04. The molecule has 128 valence electrons. The molecule has 0 fully saturated rings. The van der Waals surface area contributed by atoms with Gasteiger partial charge in [0.25, 0.3) is 5.56 Å². The van der Waals surface area contributed by atoms with E-state index in [-0.39, 0.29) is 5.56 Å². The molecule has 26 heavy (non-hydrogen) atoms. The summed E-state index contributed by atoms with van der Waals surface area (Å²) in [7, 11) is 0. The van der Waals surface area contributed by atoms with Gasteiger partial charge in [-0.05, 0) is 36.2 Å². The summed E-state index contributed by atoms with van der Waals surface area (Å²) in [5, 5.41) is 3.58. The molecule has 0 radical (unpaired) electrons. The molecule has 0 amide bonds. The monoisotopic (exact) mass is 343 g/mol. The third-order valence-corrected chi connectivity index (χ3v) is 4.21. The fourth-order valence-corrected chi connectivity index (χ4v) is 2.85. The van der Waals surface area contributed by atoms with Crippen LogP contribution in [0.15, 0.2) is 65.8 Å². The van der Waals surface area contributed by atoms with Gasteiger partial charge in [0.2, 0.25) is 5.95 Å². The molecule has 0 saturated heterocycles. The maximum absolute atomic E-state index is 12.7. The van der Waals surface area contributed by atoms with E-state index in [4.69, 9.17) is 0 Å². The topological polar surface area (TPSA) is 83.6 Å². The lowest BCUT2D eigenvalue weighted by Gasteiger charge is -2.09. The van der Waals surface area contributed by atoms with Gasteiger partial charge in [0.05, 0.1) is 5.39 Å². The number of aryl methyl sites for hydroxylation is 1. The van der Waals surface area contributed by atoms with Crippen molar-refractivity contribution < 1.29 is 0 Å². The van der Waals surface area contributed by atoms with Gasteiger partial charge in [0, 0.05) is 35.4 Å². The van der Waals surface area contributed by atoms with Crippen molar-refractivity contribution >= 4 is 22.7 Å². The fraction of sp³-hybridized carbons (Fsp3) is 0.100. The fourth-order valence-electron chi connectivity index (χ4n) is 2.85. The maximum atomic E-state index is 12.7. The van der Waals surface area contributed by atoms with E-state index in [1.165, 1.54) is 5.56 Å². The lowest BCUT2D eigenvalue weighted by molar-refractivity contribution is 1.13. The molecule has 4 aromatic rings. The van der Waals surface area contributed by atoms with E-state index in [0.717, 1.165) is 23.2 Å². The number of hydrogen-bond donors (Lipinski definition) is 2. The smallest absolute Gasteiger partial charge is 0.262 e. The summed E-state index contributed by atoms with van der Waals surface area (Å²) in [4.78, 5) is 28.3. The van der Waals surface area contributed by atoms with Crippen molar-refractivity contribution in [2.24, 2.45) is 0 Å². The second kappa shape index (κ2) is 6.76. The number of aromatic amines is 1. The third kappa shape index (κ3) is 3.04. The van der Waals surface area contributed by atoms with Gasteiger partial charge in [0.15, 0.2) is 5.65 Å². The molecule has 0 aliphatic rings. The summed E-state index contributed by atoms with van der Waals surface area (Å²) in [5.74, 6) is 0.364. The summed E-state index contributed by atoms with van der Waals surface area (Å²) < 4.78 is 0. The number of rotatable bonds is 4. The predicted molar refractivity (Wildman–Crippen MR) is 102 cm³/mol. The van der Waals surface area contributed by atoms with Gasteiger partial charge in [-0.3, -0.25) is 14.8 Å². The van der Waals surface area contributed by atoms with Crippen molar-refractivity contribution in [1.82, 2.24) is 19.9 Å². The van der Waals surface area contributed by atoms with Crippen LogP contribution in [-0.4, -0.2) is 19.9 Å². The lowest BCUT2D eigenvalue weighted by atomic mass is 10.1. The Morgan fingerprint density at radius 1 is 1.08 bits per heavy atom. The second-order valence-corrected chi connectivity index (χ2v) is 5.89. The van der Waals surface area contributed by atoms with Crippen LogP contribution in [0.5, 0.6) is 0 Å². The molecule has 3 aromatic heterocycles. The van der Waals surface area contributed by atoms with Crippen LogP contribution in [0.1, 0.15) is 12.5 Å². The summed E-state index contributed by atoms with van der Waals surface area (Å²) in [6, 6.07) is 13.5. The van der Waals surface area contributed by atoms with Crippen molar-refractivity contribution in [2.45, 2.75) is 13.3 Å². The molecule has 0 bridgehead atoms. The Morgan fingerprint density at radius 2 is 1.92 bits per heavy atom. The van der Waals surface area contributed by atoms with Gasteiger partial charge in [-0.25, -0.2) is 4.98 Å². The van der Waals surface area contributed by atoms with Gasteiger partial charge in [-0.15, -0.1) is 0 Å². The predicted octanol–water partition coefficient (Wildman–Crippen LogP) is 3.69. The van der Waals surface area contributed by atoms with E-state index in [1.54, 1.807) is 24.7 Å². The zero-order chi connectivity index (χ0) is 17.9. The molecule has 3 heterocycles. The minimum atomic E-state index is -0.241. The standard InChI is InChI=1S/C20H17N5O/c1-2-13-5-7-15(8-6-13)23-20-24-18-17(19(26)25-20)16(9-11-22-18)14-4-3-10-21-12-14/h3-12H,2H2,1H3,(H2,22,23,24,25,26). The van der Waals surface area contributed by atoms with E-state index in [9.17, 15) is 4.79 Å². The minimum Gasteiger partial charge on any atom is -0.326 e. The molecule has 0 unspecified atom stereocenters. The number of anilines is 2. The maximum Gasteiger partial charge on any atom is 0.262 e. The van der Waals surface area contributed by atoms with Crippen LogP contribution in [0.4, 0.5) is 11.6 Å². The van der Waals surface area contributed by atoms with E-state index in [1.807, 2.05) is 36.4 Å². The van der Waals surface area contributed by atoms with Crippen LogP contribution in [0.25, 0.3) is 22.2 Å². The van der Waals surface area contributed by atoms with Gasteiger partial charge in [0.1, 0.15) is 0 Å². The zero-order valence-corrected chi connectivity index (χ0v) is 14.2. The minimum absolute atomic E-state index is 0.241. The highest BCUT2D eigenvalue weighted by atomic mass is 16.1. The van der Waals surface area contributed by atoms with Crippen molar-refractivity contribution in [2.75, 3.05) is 5.32 Å². The number of fused-ring (bicyclic) bond motifs is 1. The molecule has 1 aromatic carbocycles. The Balaban J connectivity index is 1.76. The average molecular weight is 343 g/mol. The Labute approximate surface area is 150 Å². The molecule has 4 rings (SSSR count). The first kappa shape index (κ1) is 16.0. The van der Waals surface area contributed by atoms with Crippen LogP contribution >= 0.6 is 0 Å². The third-order valence-electron chi connectivity index (χ3n) is 4.21. The summed E-state index contributed by atoms with van der Waals surface area (Å²) in [5.41, 5.74) is 3.86. The van der Waals surface area contributed by atoms with Gasteiger partial charge in [-0.2, -0.15) is 4.98 Å². The molecular weight excluding hydrogens is 326 g/mol. The molecule has 6 nitrogen and oxygen atoms in total. The molecule has 2 N–H and O–H groups in total. The molecule has 0 saturated carbocycles. The van der Waals surface area contributed by atoms with Crippen molar-refractivity contribution in [3.63, 3.8) is 0 Å². The molecule has 0 atom stereocenters. The normalized spacial score (nSPS) is 10.8. The number of nitrogens with zero attached hydrogens (tertiary/aromatic N) is 3. The van der Waals surface area contributed by atoms with Crippen LogP contribution in [0.3, 0.4) is 0 Å². The van der Waals surface area contributed by atoms with Crippen LogP contribution in [0.2, 0.25) is 0 Å². The van der Waals surface area contributed by atoms with E-state index >= 15 is 0 Å². The first-order valence-corrected chi connectivity index (χ1v) is 8.40. The highest BCUT2D eigenvalue weighted by Gasteiger charge is 2.11. The van der Waals surface area contributed by atoms with E-state index in [0.29, 0.717) is 17.0 Å². The number of hydrogen-bond acceptors (Lipinski definition) is 5. The number of nitrogens with one attached hydrogen (secondary N) is 2. The molecule has 0 spiro atoms. The SMILES string of the molecule is CCc1ccc(Nc2nc3nccc(-c4cccnc4)c3c(=O)[nH]2)cc1. The number of benzene rings is 1. The molecular formula is C20H17N5O. The number of aromatic nitrogens is 4. The van der Waals surface area contributed by atoms with Gasteiger partial charge < -0.3 is 5.32 Å². The van der Waals surface area contributed by atoms with E-state index < -0.39 is 0 Å². The second-order valence-electron chi connectivity index (χ2n) is 5.89. The lowest BCUT2D eigenvalue weighted by Crippen LogP contribution is -2.13. The van der Waals surface area contributed by atoms with Crippen molar-refractivity contribution in [3.05, 3.63) is 77.0 Å². The quantitative estimate of drug-likeness (QED) is 0.590. The van der Waals surface area contributed by atoms with E-state index in [2.05, 4.69) is 32.2 Å². The summed E-state index contributed by atoms with van der Waals surface area (Å²) >= 11 is 0. The summed E-state index contributed by atoms with van der Waals surface area (Å²) in [6.45, 7) is 2.11. The highest BCUT2D eigenvalue weighted by molar-refractivity contribution is 5.91. The number of pyridine rings is 2. The van der Waals surface area contributed by atoms with Crippen molar-refractivity contribution in [1.29, 1.82) is 0 Å². The molecule has 6 heteroatoms. The van der Waals surface area contributed by atoms with Crippen LogP contribution in [-0.2, 0) is 6.42 Å². The zero-order valence-electron chi connectivity index (χ0n) is 14.2. The Morgan fingerprint density at radius 3 is 2.65 bits per heavy atom. The van der Waals surface area contributed by atoms with Gasteiger partial charge in [-0.1, -0.05) is 25.1 Å². The van der Waals surface area contributed by atoms with Crippen molar-refractivity contribution in [3.8, 4) is 11.1 Å². The Hall–Kier alpha value is -3.54. The highest BCUT2D eigenvalue weighted by Crippen LogP contribution is 2.24. The van der Waals surface area contributed by atoms with Crippen LogP contribution in [0, 0.1) is 0 Å². The van der Waals surface area contributed by atoms with Crippen LogP contribution < -0.4 is 10.9 Å². The molecule has 0 aliphatic heterocycles.